The number of pyridine rings is 1. The van der Waals surface area contributed by atoms with E-state index in [9.17, 15) is 4.79 Å². The molecule has 24 heavy (non-hydrogen) atoms. The first-order chi connectivity index (χ1) is 11.6. The topological polar surface area (TPSA) is 69.3 Å². The van der Waals surface area contributed by atoms with Gasteiger partial charge in [-0.25, -0.2) is 10.9 Å². The van der Waals surface area contributed by atoms with Gasteiger partial charge in [0.05, 0.1) is 6.04 Å². The highest BCUT2D eigenvalue weighted by Gasteiger charge is 2.30. The van der Waals surface area contributed by atoms with E-state index in [4.69, 9.17) is 0 Å². The molecule has 2 aromatic rings. The quantitative estimate of drug-likeness (QED) is 0.740. The van der Waals surface area contributed by atoms with Crippen molar-refractivity contribution < 1.29 is 4.79 Å². The Hall–Kier alpha value is -1.80. The molecule has 3 N–H and O–H groups in total. The molecule has 0 spiro atoms. The van der Waals surface area contributed by atoms with Gasteiger partial charge >= 0.3 is 0 Å². The van der Waals surface area contributed by atoms with Crippen molar-refractivity contribution in [3.05, 3.63) is 52.5 Å². The van der Waals surface area contributed by atoms with E-state index in [1.807, 2.05) is 32.3 Å². The van der Waals surface area contributed by atoms with Gasteiger partial charge in [0, 0.05) is 29.9 Å². The van der Waals surface area contributed by atoms with E-state index in [1.54, 1.807) is 23.7 Å². The van der Waals surface area contributed by atoms with Gasteiger partial charge in [0.1, 0.15) is 6.04 Å². The van der Waals surface area contributed by atoms with E-state index in [0.717, 1.165) is 12.0 Å². The van der Waals surface area contributed by atoms with Crippen LogP contribution in [0.3, 0.4) is 0 Å². The van der Waals surface area contributed by atoms with Crippen LogP contribution in [0.25, 0.3) is 0 Å². The van der Waals surface area contributed by atoms with Crippen LogP contribution in [0.4, 0.5) is 0 Å². The lowest BCUT2D eigenvalue weighted by atomic mass is 10.0. The SMILES string of the molecule is CN(C)C(CNC(=O)C1CC(c2ccncc2)NN1)c1cccs1. The van der Waals surface area contributed by atoms with Gasteiger partial charge in [-0.1, -0.05) is 6.07 Å². The van der Waals surface area contributed by atoms with Crippen LogP contribution in [0.2, 0.25) is 0 Å². The van der Waals surface area contributed by atoms with Gasteiger partial charge < -0.3 is 10.2 Å². The van der Waals surface area contributed by atoms with Crippen molar-refractivity contribution in [3.63, 3.8) is 0 Å². The van der Waals surface area contributed by atoms with Crippen molar-refractivity contribution in [1.29, 1.82) is 0 Å². The average Bonchev–Trinajstić information content (AvgIpc) is 3.27. The molecule has 3 unspecified atom stereocenters. The lowest BCUT2D eigenvalue weighted by molar-refractivity contribution is -0.123. The third kappa shape index (κ3) is 3.99. The van der Waals surface area contributed by atoms with Crippen molar-refractivity contribution in [2.45, 2.75) is 24.5 Å². The molecule has 6 nitrogen and oxygen atoms in total. The summed E-state index contributed by atoms with van der Waals surface area (Å²) in [5.74, 6) is 0.0301. The van der Waals surface area contributed by atoms with Crippen LogP contribution in [-0.2, 0) is 4.79 Å². The summed E-state index contributed by atoms with van der Waals surface area (Å²) in [7, 11) is 4.07. The predicted molar refractivity (Wildman–Crippen MR) is 95.4 cm³/mol. The first-order valence-corrected chi connectivity index (χ1v) is 8.91. The summed E-state index contributed by atoms with van der Waals surface area (Å²) in [6, 6.07) is 8.19. The van der Waals surface area contributed by atoms with Gasteiger partial charge in [0.2, 0.25) is 5.91 Å². The van der Waals surface area contributed by atoms with E-state index >= 15 is 0 Å². The van der Waals surface area contributed by atoms with Crippen molar-refractivity contribution in [2.24, 2.45) is 0 Å². The molecule has 3 rings (SSSR count). The highest BCUT2D eigenvalue weighted by molar-refractivity contribution is 7.10. The molecule has 1 aliphatic heterocycles. The maximum Gasteiger partial charge on any atom is 0.238 e. The maximum absolute atomic E-state index is 12.5. The number of hydrogen-bond acceptors (Lipinski definition) is 6. The monoisotopic (exact) mass is 345 g/mol. The number of carbonyl (C=O) groups excluding carboxylic acids is 1. The molecular weight excluding hydrogens is 322 g/mol. The fourth-order valence-corrected chi connectivity index (χ4v) is 3.80. The summed E-state index contributed by atoms with van der Waals surface area (Å²) < 4.78 is 0. The molecule has 0 aliphatic carbocycles. The Morgan fingerprint density at radius 3 is 2.83 bits per heavy atom. The predicted octanol–water partition coefficient (Wildman–Crippen LogP) is 1.47. The number of hydrazine groups is 1. The van der Waals surface area contributed by atoms with Crippen molar-refractivity contribution in [3.8, 4) is 0 Å². The number of rotatable bonds is 6. The normalized spacial score (nSPS) is 21.8. The van der Waals surface area contributed by atoms with Crippen molar-refractivity contribution in [2.75, 3.05) is 20.6 Å². The Morgan fingerprint density at radius 2 is 2.17 bits per heavy atom. The van der Waals surface area contributed by atoms with Gasteiger partial charge in [-0.15, -0.1) is 11.3 Å². The minimum absolute atomic E-state index is 0.0301. The first kappa shape index (κ1) is 17.0. The molecule has 0 bridgehead atoms. The second-order valence-electron chi connectivity index (χ2n) is 6.15. The Balaban J connectivity index is 1.54. The zero-order chi connectivity index (χ0) is 16.9. The van der Waals surface area contributed by atoms with Crippen LogP contribution in [0, 0.1) is 0 Å². The summed E-state index contributed by atoms with van der Waals surface area (Å²) in [4.78, 5) is 19.9. The maximum atomic E-state index is 12.5. The third-order valence-electron chi connectivity index (χ3n) is 4.29. The molecule has 0 aromatic carbocycles. The molecule has 1 amide bonds. The number of thiophene rings is 1. The zero-order valence-corrected chi connectivity index (χ0v) is 14.7. The molecule has 0 saturated carbocycles. The molecule has 1 saturated heterocycles. The molecule has 1 aliphatic rings. The second kappa shape index (κ2) is 7.85. The van der Waals surface area contributed by atoms with Crippen LogP contribution in [0.5, 0.6) is 0 Å². The van der Waals surface area contributed by atoms with E-state index in [1.165, 1.54) is 4.88 Å². The van der Waals surface area contributed by atoms with E-state index < -0.39 is 0 Å². The highest BCUT2D eigenvalue weighted by atomic mass is 32.1. The second-order valence-corrected chi connectivity index (χ2v) is 7.13. The van der Waals surface area contributed by atoms with Crippen LogP contribution in [0.15, 0.2) is 42.0 Å². The zero-order valence-electron chi connectivity index (χ0n) is 13.9. The third-order valence-corrected chi connectivity index (χ3v) is 5.27. The van der Waals surface area contributed by atoms with Gasteiger partial charge in [-0.2, -0.15) is 0 Å². The molecule has 1 fully saturated rings. The molecule has 0 radical (unpaired) electrons. The molecule has 3 atom stereocenters. The van der Waals surface area contributed by atoms with Crippen molar-refractivity contribution >= 4 is 17.2 Å². The molecule has 2 aromatic heterocycles. The smallest absolute Gasteiger partial charge is 0.238 e. The van der Waals surface area contributed by atoms with Gasteiger partial charge in [-0.05, 0) is 49.7 Å². The molecule has 7 heteroatoms. The Kier molecular flexibility index (Phi) is 5.57. The van der Waals surface area contributed by atoms with Gasteiger partial charge in [0.25, 0.3) is 0 Å². The van der Waals surface area contributed by atoms with Crippen LogP contribution in [-0.4, -0.2) is 42.5 Å². The van der Waals surface area contributed by atoms with Crippen molar-refractivity contribution in [1.82, 2.24) is 26.1 Å². The first-order valence-electron chi connectivity index (χ1n) is 8.03. The van der Waals surface area contributed by atoms with E-state index in [0.29, 0.717) is 6.54 Å². The van der Waals surface area contributed by atoms with Crippen LogP contribution < -0.4 is 16.2 Å². The minimum atomic E-state index is -0.227. The van der Waals surface area contributed by atoms with Gasteiger partial charge in [0.15, 0.2) is 0 Å². The standard InChI is InChI=1S/C17H23N5OS/c1-22(2)15(16-4-3-9-24-16)11-19-17(23)14-10-13(20-21-14)12-5-7-18-8-6-12/h3-9,13-15,20-21H,10-11H2,1-2H3,(H,19,23). The summed E-state index contributed by atoms with van der Waals surface area (Å²) in [5, 5.41) is 5.14. The number of nitrogens with zero attached hydrogens (tertiary/aromatic N) is 2. The summed E-state index contributed by atoms with van der Waals surface area (Å²) in [6.45, 7) is 0.602. The Labute approximate surface area is 146 Å². The van der Waals surface area contributed by atoms with Crippen LogP contribution in [0.1, 0.15) is 28.9 Å². The molecule has 128 valence electrons. The van der Waals surface area contributed by atoms with E-state index in [2.05, 4.69) is 37.5 Å². The largest absolute Gasteiger partial charge is 0.353 e. The number of likely N-dealkylation sites (N-methyl/N-ethyl adjacent to an activating group) is 1. The average molecular weight is 345 g/mol. The number of hydrogen-bond donors (Lipinski definition) is 3. The van der Waals surface area contributed by atoms with Gasteiger partial charge in [-0.3, -0.25) is 9.78 Å². The van der Waals surface area contributed by atoms with Crippen LogP contribution >= 0.6 is 11.3 Å². The fraction of sp³-hybridized carbons (Fsp3) is 0.412. The lowest BCUT2D eigenvalue weighted by Crippen LogP contribution is -2.45. The number of aromatic nitrogens is 1. The Morgan fingerprint density at radius 1 is 1.38 bits per heavy atom. The number of nitrogens with one attached hydrogen (secondary N) is 3. The summed E-state index contributed by atoms with van der Waals surface area (Å²) >= 11 is 1.71. The lowest BCUT2D eigenvalue weighted by Gasteiger charge is -2.24. The highest BCUT2D eigenvalue weighted by Crippen LogP contribution is 2.23. The van der Waals surface area contributed by atoms with E-state index in [-0.39, 0.29) is 24.0 Å². The fourth-order valence-electron chi connectivity index (χ4n) is 2.88. The number of amides is 1. The number of carbonyl (C=O) groups is 1. The minimum Gasteiger partial charge on any atom is -0.353 e. The Bertz CT molecular complexity index is 646. The summed E-state index contributed by atoms with van der Waals surface area (Å²) in [5.41, 5.74) is 7.43. The molecule has 3 heterocycles. The summed E-state index contributed by atoms with van der Waals surface area (Å²) in [6.07, 6.45) is 4.27. The molecular formula is C17H23N5OS.